The highest BCUT2D eigenvalue weighted by atomic mass is 19.1. The summed E-state index contributed by atoms with van der Waals surface area (Å²) >= 11 is 0. The summed E-state index contributed by atoms with van der Waals surface area (Å²) in [6.07, 6.45) is 1.03. The first kappa shape index (κ1) is 13.0. The van der Waals surface area contributed by atoms with Gasteiger partial charge in [-0.3, -0.25) is 0 Å². The van der Waals surface area contributed by atoms with Gasteiger partial charge in [0.1, 0.15) is 0 Å². The Labute approximate surface area is 96.8 Å². The van der Waals surface area contributed by atoms with Crippen molar-refractivity contribution in [2.24, 2.45) is 0 Å². The number of hydrogen-bond donors (Lipinski definition) is 1. The first-order valence-electron chi connectivity index (χ1n) is 5.56. The van der Waals surface area contributed by atoms with Crippen molar-refractivity contribution in [3.8, 4) is 5.75 Å². The van der Waals surface area contributed by atoms with E-state index in [1.54, 1.807) is 6.07 Å². The molecule has 90 valence electrons. The van der Waals surface area contributed by atoms with E-state index in [-0.39, 0.29) is 11.4 Å². The van der Waals surface area contributed by atoms with Crippen LogP contribution in [0.1, 0.15) is 32.8 Å². The minimum absolute atomic E-state index is 0.0798. The van der Waals surface area contributed by atoms with Crippen molar-refractivity contribution >= 4 is 0 Å². The topological polar surface area (TPSA) is 21.3 Å². The van der Waals surface area contributed by atoms with E-state index in [0.29, 0.717) is 12.3 Å². The summed E-state index contributed by atoms with van der Waals surface area (Å²) in [7, 11) is 1.47. The Bertz CT molecular complexity index is 350. The summed E-state index contributed by atoms with van der Waals surface area (Å²) in [6, 6.07) is 5.05. The van der Waals surface area contributed by atoms with E-state index in [1.165, 1.54) is 13.2 Å². The Morgan fingerprint density at radius 1 is 1.38 bits per heavy atom. The zero-order valence-corrected chi connectivity index (χ0v) is 10.4. The van der Waals surface area contributed by atoms with E-state index in [2.05, 4.69) is 26.1 Å². The molecule has 1 aromatic rings. The normalized spacial score (nSPS) is 11.6. The number of benzene rings is 1. The lowest BCUT2D eigenvalue weighted by molar-refractivity contribution is 0.371. The molecule has 0 saturated carbocycles. The number of halogens is 1. The molecule has 0 bridgehead atoms. The Morgan fingerprint density at radius 2 is 2.06 bits per heavy atom. The molecule has 2 nitrogen and oxygen atoms in total. The average molecular weight is 225 g/mol. The van der Waals surface area contributed by atoms with E-state index in [0.717, 1.165) is 12.0 Å². The number of hydrogen-bond acceptors (Lipinski definition) is 2. The fraction of sp³-hybridized carbons (Fsp3) is 0.538. The van der Waals surface area contributed by atoms with E-state index >= 15 is 0 Å². The molecule has 0 aliphatic rings. The molecule has 0 aliphatic heterocycles. The summed E-state index contributed by atoms with van der Waals surface area (Å²) in [6.45, 7) is 7.06. The fourth-order valence-electron chi connectivity index (χ4n) is 1.29. The largest absolute Gasteiger partial charge is 0.494 e. The van der Waals surface area contributed by atoms with E-state index < -0.39 is 0 Å². The van der Waals surface area contributed by atoms with Gasteiger partial charge in [-0.1, -0.05) is 13.0 Å². The van der Waals surface area contributed by atoms with Crippen molar-refractivity contribution in [2.45, 2.75) is 39.3 Å². The van der Waals surface area contributed by atoms with Gasteiger partial charge in [0.15, 0.2) is 11.6 Å². The van der Waals surface area contributed by atoms with Crippen LogP contribution in [0.5, 0.6) is 5.75 Å². The molecular formula is C13H20FNO. The number of methoxy groups -OCH3 is 1. The van der Waals surface area contributed by atoms with Crippen LogP contribution in [0.25, 0.3) is 0 Å². The van der Waals surface area contributed by atoms with Crippen LogP contribution in [0.15, 0.2) is 18.2 Å². The second-order valence-corrected chi connectivity index (χ2v) is 4.56. The third-order valence-electron chi connectivity index (χ3n) is 2.87. The summed E-state index contributed by atoms with van der Waals surface area (Å²) in [5.74, 6) is -0.0189. The number of nitrogens with one attached hydrogen (secondary N) is 1. The molecule has 0 heterocycles. The highest BCUT2D eigenvalue weighted by Gasteiger charge is 2.13. The maximum absolute atomic E-state index is 13.4. The minimum atomic E-state index is -0.309. The molecule has 0 aromatic heterocycles. The van der Waals surface area contributed by atoms with E-state index in [9.17, 15) is 4.39 Å². The molecular weight excluding hydrogens is 205 g/mol. The molecule has 1 rings (SSSR count). The van der Waals surface area contributed by atoms with Crippen LogP contribution >= 0.6 is 0 Å². The zero-order chi connectivity index (χ0) is 12.2. The number of rotatable bonds is 5. The van der Waals surface area contributed by atoms with Gasteiger partial charge in [-0.15, -0.1) is 0 Å². The predicted octanol–water partition coefficient (Wildman–Crippen LogP) is 3.11. The van der Waals surface area contributed by atoms with Crippen molar-refractivity contribution in [3.63, 3.8) is 0 Å². The quantitative estimate of drug-likeness (QED) is 0.831. The van der Waals surface area contributed by atoms with Crippen LogP contribution in [0.3, 0.4) is 0 Å². The molecule has 16 heavy (non-hydrogen) atoms. The Balaban J connectivity index is 2.65. The van der Waals surface area contributed by atoms with Crippen molar-refractivity contribution in [1.29, 1.82) is 0 Å². The molecule has 0 aliphatic carbocycles. The Hall–Kier alpha value is -1.09. The molecule has 1 N–H and O–H groups in total. The van der Waals surface area contributed by atoms with Crippen molar-refractivity contribution in [3.05, 3.63) is 29.6 Å². The standard InChI is InChI=1S/C13H20FNO/c1-5-13(2,3)15-9-10-6-7-12(16-4)11(14)8-10/h6-8,15H,5,9H2,1-4H3. The smallest absolute Gasteiger partial charge is 0.165 e. The first-order valence-corrected chi connectivity index (χ1v) is 5.56. The van der Waals surface area contributed by atoms with Gasteiger partial charge in [-0.05, 0) is 38.0 Å². The molecule has 3 heteroatoms. The molecule has 0 atom stereocenters. The van der Waals surface area contributed by atoms with Gasteiger partial charge in [-0.25, -0.2) is 4.39 Å². The highest BCUT2D eigenvalue weighted by molar-refractivity contribution is 5.29. The minimum Gasteiger partial charge on any atom is -0.494 e. The monoisotopic (exact) mass is 225 g/mol. The van der Waals surface area contributed by atoms with Gasteiger partial charge in [0, 0.05) is 12.1 Å². The molecule has 0 amide bonds. The molecule has 0 radical (unpaired) electrons. The van der Waals surface area contributed by atoms with E-state index in [1.807, 2.05) is 6.07 Å². The van der Waals surface area contributed by atoms with Gasteiger partial charge >= 0.3 is 0 Å². The third-order valence-corrected chi connectivity index (χ3v) is 2.87. The van der Waals surface area contributed by atoms with Gasteiger partial charge in [-0.2, -0.15) is 0 Å². The van der Waals surface area contributed by atoms with Gasteiger partial charge < -0.3 is 10.1 Å². The van der Waals surface area contributed by atoms with Crippen molar-refractivity contribution in [1.82, 2.24) is 5.32 Å². The van der Waals surface area contributed by atoms with Crippen LogP contribution in [0, 0.1) is 5.82 Å². The van der Waals surface area contributed by atoms with Crippen molar-refractivity contribution in [2.75, 3.05) is 7.11 Å². The second-order valence-electron chi connectivity index (χ2n) is 4.56. The average Bonchev–Trinajstić information content (AvgIpc) is 2.27. The maximum atomic E-state index is 13.4. The summed E-state index contributed by atoms with van der Waals surface area (Å²) in [4.78, 5) is 0. The lowest BCUT2D eigenvalue weighted by Crippen LogP contribution is -2.37. The molecule has 0 unspecified atom stereocenters. The molecule has 1 aromatic carbocycles. The predicted molar refractivity (Wildman–Crippen MR) is 64.2 cm³/mol. The van der Waals surface area contributed by atoms with Gasteiger partial charge in [0.2, 0.25) is 0 Å². The molecule has 0 saturated heterocycles. The van der Waals surface area contributed by atoms with E-state index in [4.69, 9.17) is 4.74 Å². The van der Waals surface area contributed by atoms with Crippen LogP contribution in [0.2, 0.25) is 0 Å². The van der Waals surface area contributed by atoms with Crippen LogP contribution in [-0.4, -0.2) is 12.6 Å². The summed E-state index contributed by atoms with van der Waals surface area (Å²) in [5, 5.41) is 3.38. The third kappa shape index (κ3) is 3.49. The van der Waals surface area contributed by atoms with Crippen molar-refractivity contribution < 1.29 is 9.13 Å². The summed E-state index contributed by atoms with van der Waals surface area (Å²) < 4.78 is 18.3. The van der Waals surface area contributed by atoms with Gasteiger partial charge in [0.05, 0.1) is 7.11 Å². The lowest BCUT2D eigenvalue weighted by atomic mass is 10.0. The highest BCUT2D eigenvalue weighted by Crippen LogP contribution is 2.18. The lowest BCUT2D eigenvalue weighted by Gasteiger charge is -2.24. The maximum Gasteiger partial charge on any atom is 0.165 e. The SMILES string of the molecule is CCC(C)(C)NCc1ccc(OC)c(F)c1. The van der Waals surface area contributed by atoms with Gasteiger partial charge in [0.25, 0.3) is 0 Å². The fourth-order valence-corrected chi connectivity index (χ4v) is 1.29. The van der Waals surface area contributed by atoms with Crippen LogP contribution in [-0.2, 0) is 6.54 Å². The Kier molecular flexibility index (Phi) is 4.30. The summed E-state index contributed by atoms with van der Waals surface area (Å²) in [5.41, 5.74) is 1.01. The molecule has 0 spiro atoms. The number of ether oxygens (including phenoxy) is 1. The van der Waals surface area contributed by atoms with Crippen LogP contribution in [0.4, 0.5) is 4.39 Å². The Morgan fingerprint density at radius 3 is 2.56 bits per heavy atom. The van der Waals surface area contributed by atoms with Crippen LogP contribution < -0.4 is 10.1 Å². The first-order chi connectivity index (χ1) is 7.48. The second kappa shape index (κ2) is 5.30. The molecule has 0 fully saturated rings. The zero-order valence-electron chi connectivity index (χ0n) is 10.4.